The van der Waals surface area contributed by atoms with Gasteiger partial charge in [-0.1, -0.05) is 36.1 Å². The van der Waals surface area contributed by atoms with Gasteiger partial charge in [-0.15, -0.1) is 0 Å². The van der Waals surface area contributed by atoms with Crippen LogP contribution in [-0.4, -0.2) is 15.7 Å². The summed E-state index contributed by atoms with van der Waals surface area (Å²) >= 11 is 0. The molecule has 0 atom stereocenters. The second-order valence-corrected chi connectivity index (χ2v) is 5.05. The highest BCUT2D eigenvalue weighted by Crippen LogP contribution is 2.12. The van der Waals surface area contributed by atoms with E-state index in [4.69, 9.17) is 0 Å². The third-order valence-electron chi connectivity index (χ3n) is 3.21. The lowest BCUT2D eigenvalue weighted by molar-refractivity contribution is 0.102. The molecular weight excluding hydrogens is 286 g/mol. The normalized spacial score (nSPS) is 9.78. The van der Waals surface area contributed by atoms with Crippen molar-refractivity contribution in [1.82, 2.24) is 9.78 Å². The Hall–Kier alpha value is -3.32. The molecule has 0 radical (unpaired) electrons. The summed E-state index contributed by atoms with van der Waals surface area (Å²) in [5.74, 6) is 6.01. The van der Waals surface area contributed by atoms with Crippen molar-refractivity contribution >= 4 is 11.6 Å². The van der Waals surface area contributed by atoms with Crippen molar-refractivity contribution < 1.29 is 4.79 Å². The van der Waals surface area contributed by atoms with Gasteiger partial charge in [0.2, 0.25) is 0 Å². The van der Waals surface area contributed by atoms with Crippen LogP contribution < -0.4 is 5.32 Å². The van der Waals surface area contributed by atoms with E-state index < -0.39 is 0 Å². The van der Waals surface area contributed by atoms with Gasteiger partial charge in [0.1, 0.15) is 0 Å². The SMILES string of the molecule is Cn1cc(C(=O)Nc2cccc(C#Cc3ccccc3)c2)cn1. The Labute approximate surface area is 134 Å². The van der Waals surface area contributed by atoms with Crippen LogP contribution in [0, 0.1) is 11.8 Å². The third kappa shape index (κ3) is 3.86. The molecular formula is C19H15N3O. The van der Waals surface area contributed by atoms with Gasteiger partial charge in [0.15, 0.2) is 0 Å². The van der Waals surface area contributed by atoms with E-state index in [1.165, 1.54) is 6.20 Å². The second-order valence-electron chi connectivity index (χ2n) is 5.05. The molecule has 23 heavy (non-hydrogen) atoms. The molecule has 0 aliphatic carbocycles. The number of nitrogens with zero attached hydrogens (tertiary/aromatic N) is 2. The van der Waals surface area contributed by atoms with Gasteiger partial charge in [0, 0.05) is 30.1 Å². The van der Waals surface area contributed by atoms with Crippen LogP contribution in [0.25, 0.3) is 0 Å². The number of rotatable bonds is 2. The highest BCUT2D eigenvalue weighted by molar-refractivity contribution is 6.04. The van der Waals surface area contributed by atoms with Gasteiger partial charge in [0.05, 0.1) is 11.8 Å². The zero-order valence-corrected chi connectivity index (χ0v) is 12.7. The van der Waals surface area contributed by atoms with E-state index in [1.54, 1.807) is 17.9 Å². The lowest BCUT2D eigenvalue weighted by Gasteiger charge is -2.03. The monoisotopic (exact) mass is 301 g/mol. The first kappa shape index (κ1) is 14.6. The zero-order chi connectivity index (χ0) is 16.1. The Bertz CT molecular complexity index is 885. The molecule has 0 aliphatic heterocycles. The first-order chi connectivity index (χ1) is 11.2. The third-order valence-corrected chi connectivity index (χ3v) is 3.21. The minimum absolute atomic E-state index is 0.189. The van der Waals surface area contributed by atoms with Crippen LogP contribution in [0.2, 0.25) is 0 Å². The summed E-state index contributed by atoms with van der Waals surface area (Å²) in [6.07, 6.45) is 3.21. The van der Waals surface area contributed by atoms with Crippen LogP contribution in [0.5, 0.6) is 0 Å². The van der Waals surface area contributed by atoms with E-state index in [0.29, 0.717) is 11.3 Å². The molecule has 0 spiro atoms. The number of benzene rings is 2. The average Bonchev–Trinajstić information content (AvgIpc) is 3.01. The Morgan fingerprint density at radius 2 is 1.78 bits per heavy atom. The summed E-state index contributed by atoms with van der Waals surface area (Å²) in [6.45, 7) is 0. The van der Waals surface area contributed by atoms with Crippen molar-refractivity contribution in [3.05, 3.63) is 83.7 Å². The van der Waals surface area contributed by atoms with E-state index in [9.17, 15) is 4.79 Å². The van der Waals surface area contributed by atoms with Crippen LogP contribution in [0.15, 0.2) is 67.0 Å². The summed E-state index contributed by atoms with van der Waals surface area (Å²) in [7, 11) is 1.77. The highest BCUT2D eigenvalue weighted by Gasteiger charge is 2.07. The molecule has 0 fully saturated rings. The van der Waals surface area contributed by atoms with Crippen LogP contribution in [-0.2, 0) is 7.05 Å². The number of carbonyl (C=O) groups is 1. The molecule has 4 nitrogen and oxygen atoms in total. The zero-order valence-electron chi connectivity index (χ0n) is 12.7. The molecule has 4 heteroatoms. The fourth-order valence-corrected chi connectivity index (χ4v) is 2.08. The molecule has 0 aliphatic rings. The van der Waals surface area contributed by atoms with Gasteiger partial charge in [-0.25, -0.2) is 0 Å². The van der Waals surface area contributed by atoms with Crippen molar-refractivity contribution in [2.75, 3.05) is 5.32 Å². The van der Waals surface area contributed by atoms with Crippen molar-refractivity contribution in [2.45, 2.75) is 0 Å². The quantitative estimate of drug-likeness (QED) is 0.739. The van der Waals surface area contributed by atoms with Crippen LogP contribution in [0.4, 0.5) is 5.69 Å². The van der Waals surface area contributed by atoms with Crippen LogP contribution >= 0.6 is 0 Å². The Morgan fingerprint density at radius 3 is 2.52 bits per heavy atom. The number of aromatic nitrogens is 2. The molecule has 2 aromatic carbocycles. The lowest BCUT2D eigenvalue weighted by atomic mass is 10.1. The van der Waals surface area contributed by atoms with Gasteiger partial charge in [-0.2, -0.15) is 5.10 Å². The molecule has 3 rings (SSSR count). The largest absolute Gasteiger partial charge is 0.322 e. The average molecular weight is 301 g/mol. The molecule has 0 saturated carbocycles. The molecule has 112 valence electrons. The first-order valence-corrected chi connectivity index (χ1v) is 7.18. The molecule has 0 unspecified atom stereocenters. The minimum Gasteiger partial charge on any atom is -0.322 e. The number of carbonyl (C=O) groups excluding carboxylic acids is 1. The summed E-state index contributed by atoms with van der Waals surface area (Å²) in [6, 6.07) is 17.3. The molecule has 3 aromatic rings. The van der Waals surface area contributed by atoms with E-state index in [2.05, 4.69) is 22.3 Å². The predicted octanol–water partition coefficient (Wildman–Crippen LogP) is 3.07. The van der Waals surface area contributed by atoms with Crippen molar-refractivity contribution in [1.29, 1.82) is 0 Å². The van der Waals surface area contributed by atoms with Gasteiger partial charge in [0.25, 0.3) is 5.91 Å². The van der Waals surface area contributed by atoms with E-state index in [0.717, 1.165) is 11.1 Å². The first-order valence-electron chi connectivity index (χ1n) is 7.18. The fraction of sp³-hybridized carbons (Fsp3) is 0.0526. The standard InChI is InChI=1S/C19H15N3O/c1-22-14-17(13-20-22)19(23)21-18-9-5-8-16(12-18)11-10-15-6-3-2-4-7-15/h2-9,12-14H,1H3,(H,21,23). The summed E-state index contributed by atoms with van der Waals surface area (Å²) in [4.78, 5) is 12.1. The fourth-order valence-electron chi connectivity index (χ4n) is 2.08. The topological polar surface area (TPSA) is 46.9 Å². The van der Waals surface area contributed by atoms with Crippen LogP contribution in [0.3, 0.4) is 0 Å². The summed E-state index contributed by atoms with van der Waals surface area (Å²) in [5.41, 5.74) is 3.03. The smallest absolute Gasteiger partial charge is 0.258 e. The molecule has 0 saturated heterocycles. The Morgan fingerprint density at radius 1 is 1.04 bits per heavy atom. The number of amides is 1. The minimum atomic E-state index is -0.189. The van der Waals surface area contributed by atoms with E-state index >= 15 is 0 Å². The Balaban J connectivity index is 1.75. The summed E-state index contributed by atoms with van der Waals surface area (Å²) < 4.78 is 1.59. The molecule has 1 heterocycles. The van der Waals surface area contributed by atoms with E-state index in [-0.39, 0.29) is 5.91 Å². The van der Waals surface area contributed by atoms with Gasteiger partial charge in [-0.05, 0) is 30.3 Å². The second kappa shape index (κ2) is 6.63. The maximum absolute atomic E-state index is 12.1. The maximum Gasteiger partial charge on any atom is 0.258 e. The van der Waals surface area contributed by atoms with Gasteiger partial charge >= 0.3 is 0 Å². The number of hydrogen-bond acceptors (Lipinski definition) is 2. The van der Waals surface area contributed by atoms with Crippen molar-refractivity contribution in [3.63, 3.8) is 0 Å². The Kier molecular flexibility index (Phi) is 4.21. The molecule has 1 aromatic heterocycles. The predicted molar refractivity (Wildman–Crippen MR) is 90.0 cm³/mol. The number of anilines is 1. The van der Waals surface area contributed by atoms with E-state index in [1.807, 2.05) is 54.6 Å². The lowest BCUT2D eigenvalue weighted by Crippen LogP contribution is -2.11. The van der Waals surface area contributed by atoms with Crippen molar-refractivity contribution in [3.8, 4) is 11.8 Å². The molecule has 1 N–H and O–H groups in total. The van der Waals surface area contributed by atoms with Gasteiger partial charge in [-0.3, -0.25) is 9.48 Å². The van der Waals surface area contributed by atoms with Crippen LogP contribution in [0.1, 0.15) is 21.5 Å². The number of aryl methyl sites for hydroxylation is 1. The van der Waals surface area contributed by atoms with Gasteiger partial charge < -0.3 is 5.32 Å². The van der Waals surface area contributed by atoms with Crippen molar-refractivity contribution in [2.24, 2.45) is 7.05 Å². The molecule has 1 amide bonds. The molecule has 0 bridgehead atoms. The summed E-state index contributed by atoms with van der Waals surface area (Å²) in [5, 5.41) is 6.84. The number of hydrogen-bond donors (Lipinski definition) is 1. The maximum atomic E-state index is 12.1. The number of nitrogens with one attached hydrogen (secondary N) is 1. The highest BCUT2D eigenvalue weighted by atomic mass is 16.1.